The Morgan fingerprint density at radius 2 is 1.81 bits per heavy atom. The molecule has 108 valence electrons. The molecule has 0 aliphatic heterocycles. The summed E-state index contributed by atoms with van der Waals surface area (Å²) in [7, 11) is 0. The van der Waals surface area contributed by atoms with Crippen molar-refractivity contribution in [2.45, 2.75) is 0 Å². The molecule has 0 saturated carbocycles. The molecule has 0 aliphatic carbocycles. The molecule has 0 saturated heterocycles. The van der Waals surface area contributed by atoms with E-state index >= 15 is 0 Å². The fourth-order valence-corrected chi connectivity index (χ4v) is 2.31. The van der Waals surface area contributed by atoms with E-state index in [0.717, 1.165) is 11.3 Å². The molecule has 0 atom stereocenters. The third kappa shape index (κ3) is 5.17. The molecule has 0 heterocycles. The number of hydrazone groups is 1. The summed E-state index contributed by atoms with van der Waals surface area (Å²) >= 11 is 22.8. The molecule has 0 amide bonds. The Balaban J connectivity index is 1.93. The fraction of sp³-hybridized carbons (Fsp3) is 0. The van der Waals surface area contributed by atoms with Crippen molar-refractivity contribution >= 4 is 64.0 Å². The van der Waals surface area contributed by atoms with Gasteiger partial charge in [-0.2, -0.15) is 5.10 Å². The van der Waals surface area contributed by atoms with Gasteiger partial charge in [-0.3, -0.25) is 5.43 Å². The lowest BCUT2D eigenvalue weighted by Gasteiger charge is -2.07. The summed E-state index contributed by atoms with van der Waals surface area (Å²) in [6, 6.07) is 12.4. The van der Waals surface area contributed by atoms with Gasteiger partial charge in [0.15, 0.2) is 5.11 Å². The zero-order chi connectivity index (χ0) is 15.2. The van der Waals surface area contributed by atoms with Gasteiger partial charge in [0.05, 0.1) is 11.2 Å². The van der Waals surface area contributed by atoms with E-state index in [-0.39, 0.29) is 0 Å². The molecular weight excluding hydrogens is 349 g/mol. The van der Waals surface area contributed by atoms with Gasteiger partial charge in [-0.1, -0.05) is 46.9 Å². The summed E-state index contributed by atoms with van der Waals surface area (Å²) < 4.78 is 0. The van der Waals surface area contributed by atoms with Crippen LogP contribution < -0.4 is 10.7 Å². The highest BCUT2D eigenvalue weighted by Crippen LogP contribution is 2.19. The van der Waals surface area contributed by atoms with Crippen molar-refractivity contribution in [3.8, 4) is 0 Å². The van der Waals surface area contributed by atoms with Crippen LogP contribution in [0.1, 0.15) is 5.56 Å². The Labute approximate surface area is 142 Å². The van der Waals surface area contributed by atoms with Gasteiger partial charge in [-0.05, 0) is 42.5 Å². The molecule has 2 aromatic carbocycles. The topological polar surface area (TPSA) is 36.4 Å². The van der Waals surface area contributed by atoms with Gasteiger partial charge in [0.1, 0.15) is 0 Å². The average Bonchev–Trinajstić information content (AvgIpc) is 2.41. The first-order valence-corrected chi connectivity index (χ1v) is 7.39. The van der Waals surface area contributed by atoms with Crippen LogP contribution in [0.3, 0.4) is 0 Å². The highest BCUT2D eigenvalue weighted by atomic mass is 35.5. The van der Waals surface area contributed by atoms with E-state index in [1.165, 1.54) is 0 Å². The zero-order valence-electron chi connectivity index (χ0n) is 10.6. The van der Waals surface area contributed by atoms with Crippen LogP contribution in [-0.2, 0) is 0 Å². The molecule has 0 aliphatic rings. The normalized spacial score (nSPS) is 10.6. The molecule has 0 spiro atoms. The van der Waals surface area contributed by atoms with Crippen LogP contribution in [0.25, 0.3) is 0 Å². The number of halogens is 3. The molecule has 0 unspecified atom stereocenters. The number of rotatable bonds is 3. The van der Waals surface area contributed by atoms with Gasteiger partial charge in [-0.25, -0.2) is 0 Å². The van der Waals surface area contributed by atoms with Crippen molar-refractivity contribution in [3.05, 3.63) is 63.1 Å². The first-order valence-electron chi connectivity index (χ1n) is 5.85. The minimum absolute atomic E-state index is 0.346. The van der Waals surface area contributed by atoms with E-state index < -0.39 is 0 Å². The van der Waals surface area contributed by atoms with Crippen molar-refractivity contribution < 1.29 is 0 Å². The van der Waals surface area contributed by atoms with Gasteiger partial charge in [0.2, 0.25) is 0 Å². The summed E-state index contributed by atoms with van der Waals surface area (Å²) in [5.74, 6) is 0. The van der Waals surface area contributed by atoms with Crippen molar-refractivity contribution in [1.82, 2.24) is 5.43 Å². The van der Waals surface area contributed by atoms with Crippen LogP contribution in [0.4, 0.5) is 5.69 Å². The highest BCUT2D eigenvalue weighted by Gasteiger charge is 1.99. The summed E-state index contributed by atoms with van der Waals surface area (Å²) in [6.45, 7) is 0. The highest BCUT2D eigenvalue weighted by molar-refractivity contribution is 7.80. The van der Waals surface area contributed by atoms with Crippen LogP contribution in [0.2, 0.25) is 15.1 Å². The second-order valence-electron chi connectivity index (χ2n) is 4.00. The quantitative estimate of drug-likeness (QED) is 0.462. The minimum Gasteiger partial charge on any atom is -0.331 e. The molecule has 2 rings (SSSR count). The largest absolute Gasteiger partial charge is 0.331 e. The average molecular weight is 359 g/mol. The standard InChI is InChI=1S/C14H10Cl3N3S/c15-10-2-1-3-12(6-10)19-14(21)20-18-8-9-4-5-11(16)7-13(9)17/h1-8H,(H2,19,20,21). The van der Waals surface area contributed by atoms with Crippen LogP contribution in [0, 0.1) is 0 Å². The Kier molecular flexibility index (Phi) is 5.82. The Morgan fingerprint density at radius 3 is 2.52 bits per heavy atom. The van der Waals surface area contributed by atoms with Crippen molar-refractivity contribution in [3.63, 3.8) is 0 Å². The van der Waals surface area contributed by atoms with E-state index in [1.54, 1.807) is 36.5 Å². The number of anilines is 1. The molecule has 0 radical (unpaired) electrons. The Morgan fingerprint density at radius 1 is 1.05 bits per heavy atom. The summed E-state index contributed by atoms with van der Waals surface area (Å²) in [5, 5.41) is 9.03. The Hall–Kier alpha value is -1.33. The van der Waals surface area contributed by atoms with Gasteiger partial charge in [-0.15, -0.1) is 0 Å². The number of hydrogen-bond donors (Lipinski definition) is 2. The fourth-order valence-electron chi connectivity index (χ4n) is 1.49. The maximum atomic E-state index is 6.03. The molecule has 21 heavy (non-hydrogen) atoms. The third-order valence-electron chi connectivity index (χ3n) is 2.41. The summed E-state index contributed by atoms with van der Waals surface area (Å²) in [4.78, 5) is 0. The lowest BCUT2D eigenvalue weighted by Crippen LogP contribution is -2.23. The van der Waals surface area contributed by atoms with Crippen LogP contribution in [0.5, 0.6) is 0 Å². The molecule has 2 N–H and O–H groups in total. The lowest BCUT2D eigenvalue weighted by atomic mass is 10.2. The second kappa shape index (κ2) is 7.61. The second-order valence-corrected chi connectivity index (χ2v) is 5.69. The van der Waals surface area contributed by atoms with Crippen LogP contribution >= 0.6 is 47.0 Å². The minimum atomic E-state index is 0.346. The number of thiocarbonyl (C=S) groups is 1. The van der Waals surface area contributed by atoms with Gasteiger partial charge >= 0.3 is 0 Å². The van der Waals surface area contributed by atoms with E-state index in [4.69, 9.17) is 47.0 Å². The van der Waals surface area contributed by atoms with Crippen LogP contribution in [0.15, 0.2) is 47.6 Å². The first-order chi connectivity index (χ1) is 10.0. The summed E-state index contributed by atoms with van der Waals surface area (Å²) in [5.41, 5.74) is 4.21. The zero-order valence-corrected chi connectivity index (χ0v) is 13.7. The molecule has 0 fully saturated rings. The van der Waals surface area contributed by atoms with E-state index in [1.807, 2.05) is 12.1 Å². The lowest BCUT2D eigenvalue weighted by molar-refractivity contribution is 1.05. The molecular formula is C14H10Cl3N3S. The Bertz CT molecular complexity index is 689. The third-order valence-corrected chi connectivity index (χ3v) is 3.41. The SMILES string of the molecule is S=C(NN=Cc1ccc(Cl)cc1Cl)Nc1cccc(Cl)c1. The molecule has 7 heteroatoms. The number of benzene rings is 2. The van der Waals surface area contributed by atoms with E-state index in [0.29, 0.717) is 20.2 Å². The molecule has 3 nitrogen and oxygen atoms in total. The number of nitrogens with zero attached hydrogens (tertiary/aromatic N) is 1. The first kappa shape index (κ1) is 16.0. The van der Waals surface area contributed by atoms with E-state index in [2.05, 4.69) is 15.8 Å². The van der Waals surface area contributed by atoms with Gasteiger partial charge in [0, 0.05) is 21.3 Å². The number of nitrogens with one attached hydrogen (secondary N) is 2. The maximum absolute atomic E-state index is 6.03. The van der Waals surface area contributed by atoms with Crippen LogP contribution in [-0.4, -0.2) is 11.3 Å². The van der Waals surface area contributed by atoms with Gasteiger partial charge < -0.3 is 5.32 Å². The molecule has 0 aromatic heterocycles. The summed E-state index contributed by atoms with van der Waals surface area (Å²) in [6.07, 6.45) is 1.56. The predicted molar refractivity (Wildman–Crippen MR) is 94.9 cm³/mol. The molecule has 0 bridgehead atoms. The predicted octanol–water partition coefficient (Wildman–Crippen LogP) is 4.97. The van der Waals surface area contributed by atoms with Crippen molar-refractivity contribution in [2.24, 2.45) is 5.10 Å². The van der Waals surface area contributed by atoms with Crippen molar-refractivity contribution in [1.29, 1.82) is 0 Å². The smallest absolute Gasteiger partial charge is 0.191 e. The number of hydrogen-bond acceptors (Lipinski definition) is 2. The maximum Gasteiger partial charge on any atom is 0.191 e. The monoisotopic (exact) mass is 357 g/mol. The van der Waals surface area contributed by atoms with Gasteiger partial charge in [0.25, 0.3) is 0 Å². The van der Waals surface area contributed by atoms with Crippen molar-refractivity contribution in [2.75, 3.05) is 5.32 Å². The molecule has 2 aromatic rings. The van der Waals surface area contributed by atoms with E-state index in [9.17, 15) is 0 Å².